The van der Waals surface area contributed by atoms with Crippen LogP contribution in [0.3, 0.4) is 0 Å². The zero-order valence-electron chi connectivity index (χ0n) is 12.0. The van der Waals surface area contributed by atoms with Crippen molar-refractivity contribution in [1.82, 2.24) is 10.4 Å². The molecule has 1 aliphatic rings. The third kappa shape index (κ3) is 3.29. The summed E-state index contributed by atoms with van der Waals surface area (Å²) in [5.74, 6) is -0.112. The number of nitrogens with zero attached hydrogens (tertiary/aromatic N) is 1. The predicted molar refractivity (Wildman–Crippen MR) is 70.5 cm³/mol. The van der Waals surface area contributed by atoms with Gasteiger partial charge in [-0.2, -0.15) is 13.2 Å². The van der Waals surface area contributed by atoms with Gasteiger partial charge in [0.1, 0.15) is 5.75 Å². The summed E-state index contributed by atoms with van der Waals surface area (Å²) in [6.45, 7) is 3.37. The van der Waals surface area contributed by atoms with Crippen LogP contribution in [0, 0.1) is 0 Å². The van der Waals surface area contributed by atoms with Gasteiger partial charge < -0.3 is 4.74 Å². The van der Waals surface area contributed by atoms with Gasteiger partial charge in [-0.3, -0.25) is 9.80 Å². The van der Waals surface area contributed by atoms with E-state index in [0.29, 0.717) is 10.8 Å². The topological polar surface area (TPSA) is 41.6 Å². The normalized spacial score (nSPS) is 19.7. The van der Waals surface area contributed by atoms with Gasteiger partial charge in [0, 0.05) is 12.0 Å². The summed E-state index contributed by atoms with van der Waals surface area (Å²) in [5.41, 5.74) is 1.95. The largest absolute Gasteiger partial charge is 0.497 e. The second kappa shape index (κ2) is 5.22. The Bertz CT molecular complexity index is 526. The van der Waals surface area contributed by atoms with Crippen molar-refractivity contribution in [3.63, 3.8) is 0 Å². The van der Waals surface area contributed by atoms with Crippen LogP contribution in [0.2, 0.25) is 0 Å². The molecule has 0 saturated carbocycles. The summed E-state index contributed by atoms with van der Waals surface area (Å²) in [6, 6.07) is 3.51. The quantitative estimate of drug-likeness (QED) is 0.933. The molecule has 0 unspecified atom stereocenters. The fourth-order valence-electron chi connectivity index (χ4n) is 2.37. The lowest BCUT2D eigenvalue weighted by Crippen LogP contribution is -2.48. The Hall–Kier alpha value is -1.76. The summed E-state index contributed by atoms with van der Waals surface area (Å²) >= 11 is 0. The molecule has 4 nitrogen and oxygen atoms in total. The van der Waals surface area contributed by atoms with E-state index in [-0.39, 0.29) is 12.0 Å². The lowest BCUT2D eigenvalue weighted by Gasteiger charge is -2.31. The van der Waals surface area contributed by atoms with Crippen LogP contribution >= 0.6 is 0 Å². The van der Waals surface area contributed by atoms with E-state index in [4.69, 9.17) is 4.74 Å². The van der Waals surface area contributed by atoms with Gasteiger partial charge in [-0.25, -0.2) is 5.43 Å². The van der Waals surface area contributed by atoms with Gasteiger partial charge in [0.2, 0.25) is 5.91 Å². The molecular weight excluding hydrogens is 285 g/mol. The van der Waals surface area contributed by atoms with E-state index in [0.717, 1.165) is 0 Å². The third-order valence-corrected chi connectivity index (χ3v) is 3.28. The van der Waals surface area contributed by atoms with Crippen LogP contribution in [0.4, 0.5) is 13.2 Å². The number of halogens is 3. The number of hydrogen-bond acceptors (Lipinski definition) is 3. The molecule has 1 atom stereocenters. The third-order valence-electron chi connectivity index (χ3n) is 3.28. The maximum Gasteiger partial charge on any atom is 0.414 e. The van der Waals surface area contributed by atoms with Crippen LogP contribution in [0.15, 0.2) is 24.3 Å². The number of amides is 1. The Morgan fingerprint density at radius 1 is 1.29 bits per heavy atom. The number of rotatable bonds is 3. The van der Waals surface area contributed by atoms with E-state index < -0.39 is 23.7 Å². The second-order valence-corrected chi connectivity index (χ2v) is 5.65. The van der Waals surface area contributed by atoms with Crippen LogP contribution in [0.1, 0.15) is 31.9 Å². The number of alkyl halides is 3. The van der Waals surface area contributed by atoms with Crippen LogP contribution in [0.25, 0.3) is 0 Å². The van der Waals surface area contributed by atoms with Crippen molar-refractivity contribution in [1.29, 1.82) is 0 Å². The number of ether oxygens (including phenoxy) is 1. The van der Waals surface area contributed by atoms with Crippen molar-refractivity contribution in [3.8, 4) is 5.75 Å². The Morgan fingerprint density at radius 3 is 2.24 bits per heavy atom. The van der Waals surface area contributed by atoms with Crippen molar-refractivity contribution >= 4 is 5.91 Å². The van der Waals surface area contributed by atoms with Gasteiger partial charge in [-0.1, -0.05) is 12.1 Å². The minimum atomic E-state index is -4.57. The molecule has 0 aliphatic carbocycles. The first-order chi connectivity index (χ1) is 9.64. The first-order valence-electron chi connectivity index (χ1n) is 6.44. The summed E-state index contributed by atoms with van der Waals surface area (Å²) in [6.07, 6.45) is -4.55. The molecule has 21 heavy (non-hydrogen) atoms. The molecule has 1 aliphatic heterocycles. The molecule has 1 aromatic rings. The van der Waals surface area contributed by atoms with Crippen molar-refractivity contribution in [2.24, 2.45) is 0 Å². The van der Waals surface area contributed by atoms with Gasteiger partial charge >= 0.3 is 6.18 Å². The zero-order valence-corrected chi connectivity index (χ0v) is 12.0. The number of hydrogen-bond donors (Lipinski definition) is 1. The van der Waals surface area contributed by atoms with E-state index in [1.807, 2.05) is 0 Å². The molecule has 0 radical (unpaired) electrons. The molecule has 7 heteroatoms. The van der Waals surface area contributed by atoms with Crippen LogP contribution < -0.4 is 10.2 Å². The van der Waals surface area contributed by atoms with Crippen molar-refractivity contribution in [2.75, 3.05) is 7.11 Å². The highest BCUT2D eigenvalue weighted by Crippen LogP contribution is 2.40. The van der Waals surface area contributed by atoms with Crippen LogP contribution in [-0.2, 0) is 4.79 Å². The minimum absolute atomic E-state index is 0.0122. The van der Waals surface area contributed by atoms with E-state index >= 15 is 0 Å². The molecule has 1 aromatic carbocycles. The number of hydrazine groups is 1. The minimum Gasteiger partial charge on any atom is -0.497 e. The number of carbonyl (C=O) groups excluding carboxylic acids is 1. The van der Waals surface area contributed by atoms with Crippen molar-refractivity contribution in [2.45, 2.75) is 38.0 Å². The highest BCUT2D eigenvalue weighted by atomic mass is 19.4. The summed E-state index contributed by atoms with van der Waals surface area (Å²) in [4.78, 5) is 11.9. The Labute approximate surface area is 120 Å². The van der Waals surface area contributed by atoms with Crippen LogP contribution in [0.5, 0.6) is 5.75 Å². The Kier molecular flexibility index (Phi) is 3.88. The number of methoxy groups -OCH3 is 1. The molecule has 1 saturated heterocycles. The standard InChI is InChI=1S/C14H17F3N2O2/c1-13(2)8-11(20)19(18-13)12(14(15,16)17)9-4-6-10(21-3)7-5-9/h4-7,12,18H,8H2,1-3H3/t12-/m0/s1. The molecule has 0 aromatic heterocycles. The van der Waals surface area contributed by atoms with E-state index in [9.17, 15) is 18.0 Å². The Morgan fingerprint density at radius 2 is 1.86 bits per heavy atom. The van der Waals surface area contributed by atoms with E-state index in [1.165, 1.54) is 31.4 Å². The first-order valence-corrected chi connectivity index (χ1v) is 6.44. The van der Waals surface area contributed by atoms with Gasteiger partial charge in [-0.15, -0.1) is 0 Å². The molecule has 2 rings (SSSR count). The molecule has 1 N–H and O–H groups in total. The SMILES string of the molecule is COc1ccc([C@H](N2NC(C)(C)CC2=O)C(F)(F)F)cc1. The molecule has 1 fully saturated rings. The van der Waals surface area contributed by atoms with Crippen molar-refractivity contribution in [3.05, 3.63) is 29.8 Å². The zero-order chi connectivity index (χ0) is 15.8. The van der Waals surface area contributed by atoms with Gasteiger partial charge in [0.25, 0.3) is 0 Å². The number of benzene rings is 1. The highest BCUT2D eigenvalue weighted by Gasteiger charge is 2.51. The molecular formula is C14H17F3N2O2. The van der Waals surface area contributed by atoms with E-state index in [2.05, 4.69) is 5.43 Å². The van der Waals surface area contributed by atoms with Gasteiger partial charge in [0.05, 0.1) is 7.11 Å². The maximum atomic E-state index is 13.4. The first kappa shape index (κ1) is 15.6. The monoisotopic (exact) mass is 302 g/mol. The lowest BCUT2D eigenvalue weighted by molar-refractivity contribution is -0.196. The molecule has 1 amide bonds. The summed E-state index contributed by atoms with van der Waals surface area (Å²) < 4.78 is 45.1. The maximum absolute atomic E-state index is 13.4. The Balaban J connectivity index is 2.37. The smallest absolute Gasteiger partial charge is 0.414 e. The summed E-state index contributed by atoms with van der Waals surface area (Å²) in [5, 5.41) is 0.682. The average molecular weight is 302 g/mol. The average Bonchev–Trinajstić information content (AvgIpc) is 2.62. The van der Waals surface area contributed by atoms with Crippen molar-refractivity contribution < 1.29 is 22.7 Å². The lowest BCUT2D eigenvalue weighted by atomic mass is 10.0. The summed E-state index contributed by atoms with van der Waals surface area (Å²) in [7, 11) is 1.43. The fraction of sp³-hybridized carbons (Fsp3) is 0.500. The number of carbonyl (C=O) groups is 1. The highest BCUT2D eigenvalue weighted by molar-refractivity contribution is 5.79. The molecule has 116 valence electrons. The fourth-order valence-corrected chi connectivity index (χ4v) is 2.37. The van der Waals surface area contributed by atoms with Crippen LogP contribution in [-0.4, -0.2) is 29.7 Å². The van der Waals surface area contributed by atoms with E-state index in [1.54, 1.807) is 13.8 Å². The molecule has 0 spiro atoms. The molecule has 0 bridgehead atoms. The second-order valence-electron chi connectivity index (χ2n) is 5.65. The molecule has 1 heterocycles. The van der Waals surface area contributed by atoms with Gasteiger partial charge in [0.15, 0.2) is 6.04 Å². The predicted octanol–water partition coefficient (Wildman–Crippen LogP) is 2.81. The van der Waals surface area contributed by atoms with Gasteiger partial charge in [-0.05, 0) is 31.5 Å². The number of nitrogens with one attached hydrogen (secondary N) is 1.